The fourth-order valence-electron chi connectivity index (χ4n) is 4.39. The number of H-pyrrole nitrogens is 1. The summed E-state index contributed by atoms with van der Waals surface area (Å²) in [4.78, 5) is 3.63. The van der Waals surface area contributed by atoms with Crippen LogP contribution in [0, 0.1) is 5.82 Å². The molecule has 0 bridgehead atoms. The first kappa shape index (κ1) is 18.7. The van der Waals surface area contributed by atoms with Gasteiger partial charge in [0.1, 0.15) is 12.4 Å². The highest BCUT2D eigenvalue weighted by Gasteiger charge is 2.29. The standard InChI is InChI=1S/C25H23FN2O2/c1-29-22-11-10-16(14-17(22)15-30-23-9-5-3-7-20(23)26)24-25-19(12-13-27-24)18-6-2-4-8-21(18)28-25/h2-11,14,24,27-28H,12-13,15H2,1H3/p+1/t24-/m0/s1. The molecular formula is C25H24FN2O2+. The van der Waals surface area contributed by atoms with E-state index in [1.165, 1.54) is 33.8 Å². The zero-order valence-electron chi connectivity index (χ0n) is 16.8. The van der Waals surface area contributed by atoms with Crippen LogP contribution in [0.3, 0.4) is 0 Å². The number of nitrogens with one attached hydrogen (secondary N) is 1. The van der Waals surface area contributed by atoms with Crippen molar-refractivity contribution in [3.8, 4) is 11.5 Å². The molecule has 30 heavy (non-hydrogen) atoms. The van der Waals surface area contributed by atoms with Gasteiger partial charge < -0.3 is 19.8 Å². The highest BCUT2D eigenvalue weighted by molar-refractivity contribution is 5.85. The maximum atomic E-state index is 13.9. The molecule has 5 heteroatoms. The highest BCUT2D eigenvalue weighted by atomic mass is 19.1. The molecule has 1 aromatic heterocycles. The first-order valence-corrected chi connectivity index (χ1v) is 10.2. The number of aromatic nitrogens is 1. The van der Waals surface area contributed by atoms with E-state index in [2.05, 4.69) is 46.7 Å². The summed E-state index contributed by atoms with van der Waals surface area (Å²) in [6.07, 6.45) is 1.05. The number of para-hydroxylation sites is 2. The molecule has 0 saturated carbocycles. The molecule has 0 spiro atoms. The fourth-order valence-corrected chi connectivity index (χ4v) is 4.39. The molecule has 4 nitrogen and oxygen atoms in total. The number of hydrogen-bond acceptors (Lipinski definition) is 2. The summed E-state index contributed by atoms with van der Waals surface area (Å²) in [5.74, 6) is 0.616. The summed E-state index contributed by atoms with van der Waals surface area (Å²) < 4.78 is 25.2. The van der Waals surface area contributed by atoms with Gasteiger partial charge in [0.25, 0.3) is 0 Å². The third-order valence-electron chi connectivity index (χ3n) is 5.84. The van der Waals surface area contributed by atoms with Gasteiger partial charge in [0.05, 0.1) is 19.3 Å². The second kappa shape index (κ2) is 7.84. The molecule has 0 amide bonds. The maximum absolute atomic E-state index is 13.9. The van der Waals surface area contributed by atoms with Crippen LogP contribution in [0.2, 0.25) is 0 Å². The Bertz CT molecular complexity index is 1200. The Balaban J connectivity index is 1.49. The molecule has 1 aliphatic heterocycles. The summed E-state index contributed by atoms with van der Waals surface area (Å²) in [6.45, 7) is 1.27. The van der Waals surface area contributed by atoms with Gasteiger partial charge in [-0.1, -0.05) is 30.3 Å². The molecule has 3 aromatic carbocycles. The number of nitrogens with two attached hydrogens (primary N) is 1. The number of quaternary nitrogens is 1. The van der Waals surface area contributed by atoms with Crippen LogP contribution in [-0.2, 0) is 13.0 Å². The Morgan fingerprint density at radius 3 is 2.73 bits per heavy atom. The van der Waals surface area contributed by atoms with Crippen LogP contribution in [0.15, 0.2) is 66.7 Å². The molecule has 0 fully saturated rings. The first-order valence-electron chi connectivity index (χ1n) is 10.2. The lowest BCUT2D eigenvalue weighted by atomic mass is 9.93. The minimum Gasteiger partial charge on any atom is -0.496 e. The van der Waals surface area contributed by atoms with Crippen molar-refractivity contribution < 1.29 is 19.2 Å². The van der Waals surface area contributed by atoms with Crippen molar-refractivity contribution in [2.75, 3.05) is 13.7 Å². The third-order valence-corrected chi connectivity index (χ3v) is 5.84. The summed E-state index contributed by atoms with van der Waals surface area (Å²) in [5, 5.41) is 3.67. The van der Waals surface area contributed by atoms with E-state index in [0.717, 1.165) is 24.3 Å². The van der Waals surface area contributed by atoms with Gasteiger partial charge in [-0.2, -0.15) is 0 Å². The summed E-state index contributed by atoms with van der Waals surface area (Å²) >= 11 is 0. The van der Waals surface area contributed by atoms with Gasteiger partial charge in [0.2, 0.25) is 0 Å². The molecule has 5 rings (SSSR count). The number of hydrogen-bond donors (Lipinski definition) is 2. The Kier molecular flexibility index (Phi) is 4.89. The van der Waals surface area contributed by atoms with Gasteiger partial charge in [-0.3, -0.25) is 0 Å². The number of benzene rings is 3. The molecule has 0 radical (unpaired) electrons. The lowest BCUT2D eigenvalue weighted by Crippen LogP contribution is -2.87. The molecule has 1 atom stereocenters. The second-order valence-corrected chi connectivity index (χ2v) is 7.61. The first-order chi connectivity index (χ1) is 14.7. The van der Waals surface area contributed by atoms with Crippen molar-refractivity contribution in [2.45, 2.75) is 19.1 Å². The highest BCUT2D eigenvalue weighted by Crippen LogP contribution is 2.32. The van der Waals surface area contributed by atoms with E-state index in [-0.39, 0.29) is 24.2 Å². The molecule has 0 aliphatic carbocycles. The summed E-state index contributed by atoms with van der Waals surface area (Å²) in [7, 11) is 1.64. The van der Waals surface area contributed by atoms with E-state index in [0.29, 0.717) is 0 Å². The SMILES string of the molecule is COc1ccc([C@@H]2[NH2+]CCc3c2[nH]c2ccccc32)cc1COc1ccccc1F. The van der Waals surface area contributed by atoms with Crippen molar-refractivity contribution in [2.24, 2.45) is 0 Å². The van der Waals surface area contributed by atoms with E-state index in [1.54, 1.807) is 25.3 Å². The molecule has 4 aromatic rings. The minimum atomic E-state index is -0.365. The predicted octanol–water partition coefficient (Wildman–Crippen LogP) is 4.10. The van der Waals surface area contributed by atoms with E-state index in [4.69, 9.17) is 9.47 Å². The Hall–Kier alpha value is -3.31. The normalized spacial score (nSPS) is 15.7. The molecule has 2 heterocycles. The predicted molar refractivity (Wildman–Crippen MR) is 114 cm³/mol. The maximum Gasteiger partial charge on any atom is 0.165 e. The molecular weight excluding hydrogens is 379 g/mol. The van der Waals surface area contributed by atoms with Crippen molar-refractivity contribution in [1.82, 2.24) is 4.98 Å². The molecule has 0 unspecified atom stereocenters. The number of rotatable bonds is 5. The largest absolute Gasteiger partial charge is 0.496 e. The monoisotopic (exact) mass is 403 g/mol. The molecule has 152 valence electrons. The lowest BCUT2D eigenvalue weighted by molar-refractivity contribution is -0.690. The Morgan fingerprint density at radius 2 is 1.87 bits per heavy atom. The van der Waals surface area contributed by atoms with E-state index in [9.17, 15) is 4.39 Å². The summed E-state index contributed by atoms with van der Waals surface area (Å²) in [5.41, 5.74) is 5.91. The van der Waals surface area contributed by atoms with Crippen LogP contribution in [0.4, 0.5) is 4.39 Å². The number of methoxy groups -OCH3 is 1. The van der Waals surface area contributed by atoms with Crippen molar-refractivity contribution in [1.29, 1.82) is 0 Å². The minimum absolute atomic E-state index is 0.180. The zero-order valence-corrected chi connectivity index (χ0v) is 16.8. The molecule has 3 N–H and O–H groups in total. The van der Waals surface area contributed by atoms with Gasteiger partial charge in [-0.05, 0) is 42.0 Å². The van der Waals surface area contributed by atoms with Crippen LogP contribution in [-0.4, -0.2) is 18.6 Å². The summed E-state index contributed by atoms with van der Waals surface area (Å²) in [6, 6.07) is 21.3. The van der Waals surface area contributed by atoms with E-state index < -0.39 is 0 Å². The number of halogens is 1. The third kappa shape index (κ3) is 3.31. The van der Waals surface area contributed by atoms with Crippen LogP contribution in [0.5, 0.6) is 11.5 Å². The lowest BCUT2D eigenvalue weighted by Gasteiger charge is -2.22. The second-order valence-electron chi connectivity index (χ2n) is 7.61. The number of aromatic amines is 1. The Morgan fingerprint density at radius 1 is 1.03 bits per heavy atom. The number of ether oxygens (including phenoxy) is 2. The van der Waals surface area contributed by atoms with E-state index >= 15 is 0 Å². The number of fused-ring (bicyclic) bond motifs is 3. The van der Waals surface area contributed by atoms with Gasteiger partial charge in [0, 0.05) is 28.5 Å². The van der Waals surface area contributed by atoms with Gasteiger partial charge in [-0.25, -0.2) is 4.39 Å². The quantitative estimate of drug-likeness (QED) is 0.527. The molecule has 1 aliphatic rings. The fraction of sp³-hybridized carbons (Fsp3) is 0.200. The van der Waals surface area contributed by atoms with Crippen molar-refractivity contribution in [3.05, 3.63) is 94.9 Å². The van der Waals surface area contributed by atoms with Crippen molar-refractivity contribution >= 4 is 10.9 Å². The van der Waals surface area contributed by atoms with Crippen LogP contribution >= 0.6 is 0 Å². The average Bonchev–Trinajstić information content (AvgIpc) is 3.17. The van der Waals surface area contributed by atoms with Gasteiger partial charge in [0.15, 0.2) is 17.6 Å². The van der Waals surface area contributed by atoms with Crippen LogP contribution in [0.25, 0.3) is 10.9 Å². The van der Waals surface area contributed by atoms with Gasteiger partial charge in [-0.15, -0.1) is 0 Å². The van der Waals surface area contributed by atoms with Gasteiger partial charge >= 0.3 is 0 Å². The van der Waals surface area contributed by atoms with Crippen LogP contribution in [0.1, 0.15) is 28.4 Å². The molecule has 0 saturated heterocycles. The Labute approximate surface area is 174 Å². The van der Waals surface area contributed by atoms with Crippen molar-refractivity contribution in [3.63, 3.8) is 0 Å². The zero-order chi connectivity index (χ0) is 20.5. The van der Waals surface area contributed by atoms with Crippen LogP contribution < -0.4 is 14.8 Å². The van der Waals surface area contributed by atoms with E-state index in [1.807, 2.05) is 6.07 Å². The smallest absolute Gasteiger partial charge is 0.165 e. The topological polar surface area (TPSA) is 50.9 Å². The average molecular weight is 403 g/mol.